The first-order chi connectivity index (χ1) is 15.1. The summed E-state index contributed by atoms with van der Waals surface area (Å²) < 4.78 is 51.1. The fraction of sp³-hybridized carbons (Fsp3) is 0.652. The minimum absolute atomic E-state index is 0.203. The molecule has 1 aliphatic rings. The van der Waals surface area contributed by atoms with E-state index in [1.807, 2.05) is 0 Å². The van der Waals surface area contributed by atoms with Gasteiger partial charge < -0.3 is 24.1 Å². The van der Waals surface area contributed by atoms with E-state index in [9.17, 15) is 18.4 Å². The molecule has 1 aromatic rings. The zero-order valence-corrected chi connectivity index (χ0v) is 20.6. The van der Waals surface area contributed by atoms with Gasteiger partial charge in [-0.2, -0.15) is 0 Å². The van der Waals surface area contributed by atoms with Crippen LogP contribution >= 0.6 is 0 Å². The minimum Gasteiger partial charge on any atom is -0.467 e. The number of halogens is 2. The van der Waals surface area contributed by atoms with Crippen LogP contribution < -0.4 is 10.8 Å². The van der Waals surface area contributed by atoms with Crippen molar-refractivity contribution in [3.63, 3.8) is 0 Å². The molecule has 0 aromatic heterocycles. The molecule has 0 saturated carbocycles. The predicted octanol–water partition coefficient (Wildman–Crippen LogP) is 3.65. The van der Waals surface area contributed by atoms with Crippen molar-refractivity contribution in [2.45, 2.75) is 90.6 Å². The number of carbonyl (C=O) groups excluding carboxylic acids is 2. The number of nitrogens with one attached hydrogen (secondary N) is 1. The highest BCUT2D eigenvalue weighted by atomic mass is 19.1. The van der Waals surface area contributed by atoms with Crippen LogP contribution in [-0.2, 0) is 30.0 Å². The Kier molecular flexibility index (Phi) is 8.17. The van der Waals surface area contributed by atoms with Crippen molar-refractivity contribution in [1.29, 1.82) is 0 Å². The normalized spacial score (nSPS) is 18.1. The molecule has 0 spiro atoms. The Morgan fingerprint density at radius 1 is 1.09 bits per heavy atom. The average Bonchev–Trinajstić information content (AvgIpc) is 2.85. The van der Waals surface area contributed by atoms with E-state index in [0.29, 0.717) is 12.0 Å². The number of hydrogen-bond acceptors (Lipinski definition) is 6. The first kappa shape index (κ1) is 27.1. The van der Waals surface area contributed by atoms with E-state index >= 15 is 0 Å². The maximum absolute atomic E-state index is 14.8. The summed E-state index contributed by atoms with van der Waals surface area (Å²) in [5.74, 6) is -2.16. The molecule has 0 radical (unpaired) electrons. The zero-order valence-electron chi connectivity index (χ0n) is 20.6. The molecule has 1 amide bonds. The monoisotopic (exact) mass is 469 g/mol. The lowest BCUT2D eigenvalue weighted by atomic mass is 9.77. The van der Waals surface area contributed by atoms with E-state index < -0.39 is 53.7 Å². The van der Waals surface area contributed by atoms with Gasteiger partial charge in [0.2, 0.25) is 0 Å². The van der Waals surface area contributed by atoms with Crippen molar-refractivity contribution in [3.05, 3.63) is 29.3 Å². The van der Waals surface area contributed by atoms with Gasteiger partial charge >= 0.3 is 19.2 Å². The third-order valence-corrected chi connectivity index (χ3v) is 5.76. The molecule has 0 unspecified atom stereocenters. The topological polar surface area (TPSA) is 83.1 Å². The summed E-state index contributed by atoms with van der Waals surface area (Å²) in [4.78, 5) is 24.0. The Hall–Kier alpha value is -2.20. The van der Waals surface area contributed by atoms with Crippen LogP contribution in [0.25, 0.3) is 0 Å². The molecule has 2 rings (SSSR count). The molecule has 1 saturated heterocycles. The predicted molar refractivity (Wildman–Crippen MR) is 120 cm³/mol. The van der Waals surface area contributed by atoms with Gasteiger partial charge in [-0.15, -0.1) is 0 Å². The lowest BCUT2D eigenvalue weighted by Crippen LogP contribution is -2.44. The van der Waals surface area contributed by atoms with E-state index in [4.69, 9.17) is 18.8 Å². The average molecular weight is 469 g/mol. The number of ether oxygens (including phenoxy) is 2. The Bertz CT molecular complexity index is 845. The number of amides is 1. The molecule has 7 nitrogen and oxygen atoms in total. The standard InChI is InChI=1S/C23H34BF2NO6/c1-21(2,3)31-20(29)27-17(19(28)30-8)11-9-10-14-12-15(25)18(16(26)13-14)24-32-22(4,5)23(6,7)33-24/h12-13,17H,9-11H2,1-8H3,(H,27,29)/t17-/m0/s1. The number of methoxy groups -OCH3 is 1. The van der Waals surface area contributed by atoms with E-state index in [1.165, 1.54) is 19.2 Å². The first-order valence-electron chi connectivity index (χ1n) is 11.0. The lowest BCUT2D eigenvalue weighted by Gasteiger charge is -2.32. The third kappa shape index (κ3) is 6.90. The van der Waals surface area contributed by atoms with E-state index in [-0.39, 0.29) is 18.3 Å². The Morgan fingerprint density at radius 2 is 1.61 bits per heavy atom. The molecule has 10 heteroatoms. The number of rotatable bonds is 7. The SMILES string of the molecule is COC(=O)[C@H](CCCc1cc(F)c(B2OC(C)(C)C(C)(C)O2)c(F)c1)NC(=O)OC(C)(C)C. The summed E-state index contributed by atoms with van der Waals surface area (Å²) >= 11 is 0. The summed E-state index contributed by atoms with van der Waals surface area (Å²) in [5, 5.41) is 2.48. The van der Waals surface area contributed by atoms with E-state index in [0.717, 1.165) is 0 Å². The van der Waals surface area contributed by atoms with Gasteiger partial charge in [0.25, 0.3) is 0 Å². The second kappa shape index (κ2) is 9.97. The zero-order chi connectivity index (χ0) is 25.2. The van der Waals surface area contributed by atoms with Crippen LogP contribution in [0.3, 0.4) is 0 Å². The molecule has 1 fully saturated rings. The first-order valence-corrected chi connectivity index (χ1v) is 11.0. The molecular weight excluding hydrogens is 435 g/mol. The van der Waals surface area contributed by atoms with Gasteiger partial charge in [-0.1, -0.05) is 0 Å². The molecular formula is C23H34BF2NO6. The molecule has 0 aliphatic carbocycles. The van der Waals surface area contributed by atoms with Crippen LogP contribution in [0.1, 0.15) is 66.9 Å². The summed E-state index contributed by atoms with van der Waals surface area (Å²) in [6.07, 6.45) is 0.0982. The van der Waals surface area contributed by atoms with Crippen molar-refractivity contribution in [3.8, 4) is 0 Å². The highest BCUT2D eigenvalue weighted by Gasteiger charge is 2.53. The van der Waals surface area contributed by atoms with Crippen molar-refractivity contribution in [2.75, 3.05) is 7.11 Å². The Morgan fingerprint density at radius 3 is 2.06 bits per heavy atom. The summed E-state index contributed by atoms with van der Waals surface area (Å²) in [7, 11) is 0.0662. The number of benzene rings is 1. The van der Waals surface area contributed by atoms with Gasteiger partial charge in [0.05, 0.1) is 23.8 Å². The maximum atomic E-state index is 14.8. The number of alkyl carbamates (subject to hydrolysis) is 1. The summed E-state index contributed by atoms with van der Waals surface area (Å²) in [6.45, 7) is 12.3. The van der Waals surface area contributed by atoms with Gasteiger partial charge in [0.15, 0.2) is 0 Å². The fourth-order valence-electron chi connectivity index (χ4n) is 3.32. The number of aryl methyl sites for hydroxylation is 1. The van der Waals surface area contributed by atoms with Crippen molar-refractivity contribution < 1.29 is 37.2 Å². The van der Waals surface area contributed by atoms with Gasteiger partial charge in [0.1, 0.15) is 23.3 Å². The molecule has 184 valence electrons. The van der Waals surface area contributed by atoms with Gasteiger partial charge in [0, 0.05) is 0 Å². The van der Waals surface area contributed by atoms with Crippen LogP contribution in [0.15, 0.2) is 12.1 Å². The van der Waals surface area contributed by atoms with Gasteiger partial charge in [-0.25, -0.2) is 18.4 Å². The molecule has 1 atom stereocenters. The molecule has 1 aromatic carbocycles. The number of hydrogen-bond donors (Lipinski definition) is 1. The summed E-state index contributed by atoms with van der Waals surface area (Å²) in [5.41, 5.74) is -2.03. The maximum Gasteiger partial charge on any atom is 0.500 e. The second-order valence-corrected chi connectivity index (χ2v) is 10.2. The fourth-order valence-corrected chi connectivity index (χ4v) is 3.32. The molecule has 0 bridgehead atoms. The van der Waals surface area contributed by atoms with Crippen LogP contribution in [0.5, 0.6) is 0 Å². The quantitative estimate of drug-likeness (QED) is 0.485. The smallest absolute Gasteiger partial charge is 0.467 e. The van der Waals surface area contributed by atoms with Gasteiger partial charge in [-0.3, -0.25) is 0 Å². The van der Waals surface area contributed by atoms with E-state index in [1.54, 1.807) is 48.5 Å². The lowest BCUT2D eigenvalue weighted by molar-refractivity contribution is -0.143. The van der Waals surface area contributed by atoms with Crippen LogP contribution in [0, 0.1) is 11.6 Å². The largest absolute Gasteiger partial charge is 0.500 e. The third-order valence-electron chi connectivity index (χ3n) is 5.76. The van der Waals surface area contributed by atoms with Gasteiger partial charge in [-0.05, 0) is 85.4 Å². The molecule has 1 heterocycles. The highest BCUT2D eigenvalue weighted by molar-refractivity contribution is 6.62. The Labute approximate surface area is 194 Å². The van der Waals surface area contributed by atoms with Crippen LogP contribution in [0.2, 0.25) is 0 Å². The van der Waals surface area contributed by atoms with Crippen LogP contribution in [-0.4, -0.2) is 49.1 Å². The minimum atomic E-state index is -1.15. The number of esters is 1. The van der Waals surface area contributed by atoms with Crippen LogP contribution in [0.4, 0.5) is 13.6 Å². The number of carbonyl (C=O) groups is 2. The molecule has 1 aliphatic heterocycles. The Balaban J connectivity index is 2.04. The molecule has 1 N–H and O–H groups in total. The van der Waals surface area contributed by atoms with E-state index in [2.05, 4.69) is 5.32 Å². The highest BCUT2D eigenvalue weighted by Crippen LogP contribution is 2.37. The second-order valence-electron chi connectivity index (χ2n) is 10.2. The molecule has 33 heavy (non-hydrogen) atoms. The summed E-state index contributed by atoms with van der Waals surface area (Å²) in [6, 6.07) is 1.53. The van der Waals surface area contributed by atoms with Crippen molar-refractivity contribution in [1.82, 2.24) is 5.32 Å². The van der Waals surface area contributed by atoms with Crippen molar-refractivity contribution in [2.24, 2.45) is 0 Å². The van der Waals surface area contributed by atoms with Crippen molar-refractivity contribution >= 4 is 24.6 Å².